The second kappa shape index (κ2) is 5.83. The molecule has 0 fully saturated rings. The zero-order valence-corrected chi connectivity index (χ0v) is 14.7. The number of fused-ring (bicyclic) bond motifs is 1. The summed E-state index contributed by atoms with van der Waals surface area (Å²) in [6.45, 7) is 3.83. The first-order valence-corrected chi connectivity index (χ1v) is 8.10. The molecule has 3 N–H and O–H groups in total. The van der Waals surface area contributed by atoms with E-state index in [0.29, 0.717) is 11.6 Å². The highest BCUT2D eigenvalue weighted by molar-refractivity contribution is 5.87. The van der Waals surface area contributed by atoms with Crippen molar-refractivity contribution in [2.75, 3.05) is 11.1 Å². The molecular weight excluding hydrogens is 333 g/mol. The number of aromatic nitrogens is 5. The fourth-order valence-electron chi connectivity index (χ4n) is 3.02. The first-order chi connectivity index (χ1) is 12.4. The number of rotatable bonds is 3. The fourth-order valence-corrected chi connectivity index (χ4v) is 3.02. The number of hydrogen-bond acceptors (Lipinski definition) is 5. The minimum atomic E-state index is -0.507. The third kappa shape index (κ3) is 2.65. The van der Waals surface area contributed by atoms with Crippen LogP contribution in [0.15, 0.2) is 36.8 Å². The van der Waals surface area contributed by atoms with E-state index in [1.165, 1.54) is 0 Å². The van der Waals surface area contributed by atoms with Gasteiger partial charge in [0.05, 0.1) is 23.1 Å². The van der Waals surface area contributed by atoms with Crippen LogP contribution >= 0.6 is 0 Å². The van der Waals surface area contributed by atoms with Crippen LogP contribution in [0, 0.1) is 19.7 Å². The van der Waals surface area contributed by atoms with Gasteiger partial charge < -0.3 is 11.1 Å². The maximum atomic E-state index is 14.5. The van der Waals surface area contributed by atoms with Gasteiger partial charge in [-0.15, -0.1) is 0 Å². The first kappa shape index (κ1) is 16.1. The van der Waals surface area contributed by atoms with Gasteiger partial charge in [0.2, 0.25) is 5.95 Å². The molecule has 0 aliphatic rings. The molecule has 0 unspecified atom stereocenters. The van der Waals surface area contributed by atoms with E-state index in [0.717, 1.165) is 34.0 Å². The predicted octanol–water partition coefficient (Wildman–Crippen LogP) is 3.24. The molecule has 0 atom stereocenters. The summed E-state index contributed by atoms with van der Waals surface area (Å²) in [6.07, 6.45) is 4.82. The van der Waals surface area contributed by atoms with Gasteiger partial charge >= 0.3 is 0 Å². The Hall–Kier alpha value is -3.42. The fraction of sp³-hybridized carbons (Fsp3) is 0.167. The first-order valence-electron chi connectivity index (χ1n) is 8.10. The van der Waals surface area contributed by atoms with Gasteiger partial charge in [0, 0.05) is 30.5 Å². The number of nitrogens with one attached hydrogen (secondary N) is 1. The topological polar surface area (TPSA) is 86.6 Å². The lowest BCUT2D eigenvalue weighted by molar-refractivity contribution is 0.604. The molecule has 1 aromatic carbocycles. The third-order valence-corrected chi connectivity index (χ3v) is 4.24. The highest BCUT2D eigenvalue weighted by Crippen LogP contribution is 2.27. The number of halogens is 1. The van der Waals surface area contributed by atoms with Crippen LogP contribution in [0.3, 0.4) is 0 Å². The van der Waals surface area contributed by atoms with Crippen molar-refractivity contribution in [3.63, 3.8) is 0 Å². The molecule has 0 radical (unpaired) electrons. The van der Waals surface area contributed by atoms with Crippen LogP contribution in [0.25, 0.3) is 16.7 Å². The van der Waals surface area contributed by atoms with Crippen molar-refractivity contribution in [1.82, 2.24) is 24.3 Å². The van der Waals surface area contributed by atoms with Gasteiger partial charge in [-0.2, -0.15) is 10.1 Å². The Kier molecular flexibility index (Phi) is 3.61. The van der Waals surface area contributed by atoms with Gasteiger partial charge in [-0.05, 0) is 37.6 Å². The Bertz CT molecular complexity index is 1130. The molecule has 0 saturated carbocycles. The average molecular weight is 351 g/mol. The smallest absolute Gasteiger partial charge is 0.229 e. The normalized spacial score (nSPS) is 11.2. The minimum absolute atomic E-state index is 0.173. The lowest BCUT2D eigenvalue weighted by Crippen LogP contribution is -2.05. The van der Waals surface area contributed by atoms with Crippen LogP contribution < -0.4 is 11.1 Å². The van der Waals surface area contributed by atoms with E-state index in [1.807, 2.05) is 45.4 Å². The quantitative estimate of drug-likeness (QED) is 0.553. The van der Waals surface area contributed by atoms with Crippen molar-refractivity contribution in [3.8, 4) is 5.82 Å². The number of nitrogen functional groups attached to an aromatic ring is 1. The Balaban J connectivity index is 1.81. The second-order valence-corrected chi connectivity index (χ2v) is 6.25. The Morgan fingerprint density at radius 2 is 2.00 bits per heavy atom. The summed E-state index contributed by atoms with van der Waals surface area (Å²) in [6, 6.07) is 5.52. The van der Waals surface area contributed by atoms with Crippen molar-refractivity contribution in [2.45, 2.75) is 13.8 Å². The van der Waals surface area contributed by atoms with E-state index in [9.17, 15) is 4.39 Å². The van der Waals surface area contributed by atoms with Crippen LogP contribution in [-0.4, -0.2) is 24.3 Å². The summed E-state index contributed by atoms with van der Waals surface area (Å²) in [4.78, 5) is 8.42. The highest BCUT2D eigenvalue weighted by atomic mass is 19.1. The molecule has 26 heavy (non-hydrogen) atoms. The zero-order chi connectivity index (χ0) is 18.4. The van der Waals surface area contributed by atoms with E-state index in [1.54, 1.807) is 15.3 Å². The molecule has 3 aromatic heterocycles. The van der Waals surface area contributed by atoms with Crippen molar-refractivity contribution < 1.29 is 4.39 Å². The summed E-state index contributed by atoms with van der Waals surface area (Å²) in [5, 5.41) is 8.31. The van der Waals surface area contributed by atoms with E-state index in [4.69, 9.17) is 5.73 Å². The van der Waals surface area contributed by atoms with Crippen LogP contribution in [0.4, 0.5) is 21.7 Å². The second-order valence-electron chi connectivity index (χ2n) is 6.25. The van der Waals surface area contributed by atoms with Crippen molar-refractivity contribution in [2.24, 2.45) is 7.05 Å². The van der Waals surface area contributed by atoms with Crippen LogP contribution in [0.2, 0.25) is 0 Å². The number of benzene rings is 1. The molecule has 0 bridgehead atoms. The summed E-state index contributed by atoms with van der Waals surface area (Å²) >= 11 is 0. The van der Waals surface area contributed by atoms with Gasteiger partial charge in [-0.25, -0.2) is 9.37 Å². The van der Waals surface area contributed by atoms with Crippen LogP contribution in [0.5, 0.6) is 0 Å². The lowest BCUT2D eigenvalue weighted by Gasteiger charge is -2.09. The molecule has 132 valence electrons. The van der Waals surface area contributed by atoms with Gasteiger partial charge in [0.25, 0.3) is 0 Å². The molecule has 3 heterocycles. The van der Waals surface area contributed by atoms with Crippen molar-refractivity contribution in [3.05, 3.63) is 53.9 Å². The van der Waals surface area contributed by atoms with Crippen molar-refractivity contribution in [1.29, 1.82) is 0 Å². The van der Waals surface area contributed by atoms with E-state index < -0.39 is 5.82 Å². The number of anilines is 3. The summed E-state index contributed by atoms with van der Waals surface area (Å²) < 4.78 is 17.9. The van der Waals surface area contributed by atoms with Crippen LogP contribution in [-0.2, 0) is 7.05 Å². The lowest BCUT2D eigenvalue weighted by atomic mass is 10.2. The molecule has 4 rings (SSSR count). The van der Waals surface area contributed by atoms with E-state index in [2.05, 4.69) is 20.4 Å². The monoisotopic (exact) mass is 351 g/mol. The maximum absolute atomic E-state index is 14.5. The minimum Gasteiger partial charge on any atom is -0.399 e. The molecule has 0 aliphatic heterocycles. The van der Waals surface area contributed by atoms with Gasteiger partial charge in [0.1, 0.15) is 0 Å². The summed E-state index contributed by atoms with van der Waals surface area (Å²) in [5.41, 5.74) is 9.93. The standard InChI is InChI=1S/C18H18FN7/c1-10-8-26(16-5-4-12(20)6-13(10)16)17-14(19)7-21-18(23-17)22-15-9-25(3)24-11(15)2/h4-9H,20H2,1-3H3,(H,21,22,23). The van der Waals surface area contributed by atoms with E-state index in [-0.39, 0.29) is 5.82 Å². The maximum Gasteiger partial charge on any atom is 0.229 e. The molecule has 8 heteroatoms. The highest BCUT2D eigenvalue weighted by Gasteiger charge is 2.15. The van der Waals surface area contributed by atoms with Crippen molar-refractivity contribution >= 4 is 28.2 Å². The number of nitrogens with zero attached hydrogens (tertiary/aromatic N) is 5. The van der Waals surface area contributed by atoms with Gasteiger partial charge in [0.15, 0.2) is 11.6 Å². The van der Waals surface area contributed by atoms with Gasteiger partial charge in [-0.1, -0.05) is 0 Å². The van der Waals surface area contributed by atoms with Crippen LogP contribution in [0.1, 0.15) is 11.3 Å². The van der Waals surface area contributed by atoms with Gasteiger partial charge in [-0.3, -0.25) is 9.25 Å². The molecule has 4 aromatic rings. The van der Waals surface area contributed by atoms with E-state index >= 15 is 0 Å². The molecule has 0 spiro atoms. The molecule has 0 saturated heterocycles. The molecule has 0 aliphatic carbocycles. The average Bonchev–Trinajstić information content (AvgIpc) is 3.08. The predicted molar refractivity (Wildman–Crippen MR) is 99.2 cm³/mol. The number of hydrogen-bond donors (Lipinski definition) is 2. The molecular formula is C18H18FN7. The Morgan fingerprint density at radius 3 is 2.73 bits per heavy atom. The third-order valence-electron chi connectivity index (χ3n) is 4.24. The number of aryl methyl sites for hydroxylation is 3. The SMILES string of the molecule is Cc1nn(C)cc1Nc1ncc(F)c(-n2cc(C)c3cc(N)ccc32)n1. The summed E-state index contributed by atoms with van der Waals surface area (Å²) in [5.74, 6) is -0.0356. The zero-order valence-electron chi connectivity index (χ0n) is 14.7. The Labute approximate surface area is 149 Å². The molecule has 0 amide bonds. The number of nitrogens with two attached hydrogens (primary N) is 1. The largest absolute Gasteiger partial charge is 0.399 e. The molecule has 7 nitrogen and oxygen atoms in total. The summed E-state index contributed by atoms with van der Waals surface area (Å²) in [7, 11) is 1.83. The Morgan fingerprint density at radius 1 is 1.19 bits per heavy atom.